The smallest absolute Gasteiger partial charge is 0.0782 e. The molecule has 0 aliphatic carbocycles. The van der Waals surface area contributed by atoms with E-state index in [0.717, 1.165) is 0 Å². The average molecular weight is 251 g/mol. The van der Waals surface area contributed by atoms with Crippen molar-refractivity contribution in [2.75, 3.05) is 0 Å². The number of aryl methyl sites for hydroxylation is 2. The Morgan fingerprint density at radius 3 is 2.45 bits per heavy atom. The number of rotatable bonds is 1. The van der Waals surface area contributed by atoms with Gasteiger partial charge in [0.25, 0.3) is 0 Å². The van der Waals surface area contributed by atoms with Crippen molar-refractivity contribution in [3.05, 3.63) is 29.3 Å². The van der Waals surface area contributed by atoms with Gasteiger partial charge in [-0.15, -0.1) is 0 Å². The van der Waals surface area contributed by atoms with E-state index in [9.17, 15) is 0 Å². The zero-order chi connectivity index (χ0) is 8.43. The highest BCUT2D eigenvalue weighted by molar-refractivity contribution is 9.42. The van der Waals surface area contributed by atoms with Crippen molar-refractivity contribution in [2.24, 2.45) is 0 Å². The Labute approximate surface area is 81.2 Å². The molecule has 1 aromatic rings. The summed E-state index contributed by atoms with van der Waals surface area (Å²) in [4.78, 5) is 0. The summed E-state index contributed by atoms with van der Waals surface area (Å²) in [6.45, 7) is 4.15. The number of benzene rings is 1. The van der Waals surface area contributed by atoms with Crippen LogP contribution in [0.15, 0.2) is 18.2 Å². The molecule has 60 valence electrons. The zero-order valence-electron chi connectivity index (χ0n) is 6.44. The average Bonchev–Trinajstić information content (AvgIpc) is 1.94. The Bertz CT molecular complexity index is 260. The fourth-order valence-electron chi connectivity index (χ4n) is 0.902. The van der Waals surface area contributed by atoms with Gasteiger partial charge in [0.05, 0.1) is 5.98 Å². The molecule has 0 aromatic heterocycles. The molecular weight excluding hydrogens is 242 g/mol. The third-order valence-corrected chi connectivity index (χ3v) is 4.09. The molecule has 0 radical (unpaired) electrons. The molecule has 1 rings (SSSR count). The normalized spacial score (nSPS) is 13.1. The van der Waals surface area contributed by atoms with Gasteiger partial charge in [0.1, 0.15) is 0 Å². The van der Waals surface area contributed by atoms with Gasteiger partial charge in [-0.1, -0.05) is 28.9 Å². The van der Waals surface area contributed by atoms with Crippen molar-refractivity contribution >= 4 is 38.0 Å². The minimum absolute atomic E-state index is 0.648. The molecule has 0 aliphatic rings. The first-order valence-corrected chi connectivity index (χ1v) is 7.57. The van der Waals surface area contributed by atoms with Gasteiger partial charge in [-0.3, -0.25) is 0 Å². The standard InChI is InChI=1S/C8H9BrClP/c1-6-3-4-7(2)8(5-6)11(9)10/h3-5H,1-2H3. The zero-order valence-corrected chi connectivity index (χ0v) is 9.67. The van der Waals surface area contributed by atoms with Crippen LogP contribution in [-0.4, -0.2) is 0 Å². The number of hydrogen-bond donors (Lipinski definition) is 0. The first kappa shape index (κ1) is 9.51. The summed E-state index contributed by atoms with van der Waals surface area (Å²) in [7, 11) is 0. The predicted molar refractivity (Wildman–Crippen MR) is 57.3 cm³/mol. The molecule has 0 fully saturated rings. The molecule has 1 atom stereocenters. The SMILES string of the molecule is Cc1ccc(C)c(P(Cl)Br)c1. The van der Waals surface area contributed by atoms with Crippen LogP contribution in [0.3, 0.4) is 0 Å². The molecule has 0 nitrogen and oxygen atoms in total. The summed E-state index contributed by atoms with van der Waals surface area (Å²) in [5.41, 5.74) is 2.52. The van der Waals surface area contributed by atoms with Crippen LogP contribution < -0.4 is 5.30 Å². The third-order valence-electron chi connectivity index (χ3n) is 1.55. The highest BCUT2D eigenvalue weighted by atomic mass is 79.9. The second kappa shape index (κ2) is 3.89. The summed E-state index contributed by atoms with van der Waals surface area (Å²) in [5.74, 6) is -0.648. The maximum Gasteiger partial charge on any atom is 0.0912 e. The number of hydrogen-bond acceptors (Lipinski definition) is 0. The van der Waals surface area contributed by atoms with Gasteiger partial charge in [-0.05, 0) is 41.0 Å². The molecule has 1 unspecified atom stereocenters. The maximum atomic E-state index is 5.96. The predicted octanol–water partition coefficient (Wildman–Crippen LogP) is 3.87. The minimum atomic E-state index is -0.648. The highest BCUT2D eigenvalue weighted by Crippen LogP contribution is 2.48. The van der Waals surface area contributed by atoms with Gasteiger partial charge in [0, 0.05) is 5.30 Å². The first-order chi connectivity index (χ1) is 5.11. The first-order valence-electron chi connectivity index (χ1n) is 3.30. The summed E-state index contributed by atoms with van der Waals surface area (Å²) in [6.07, 6.45) is 0. The van der Waals surface area contributed by atoms with E-state index >= 15 is 0 Å². The summed E-state index contributed by atoms with van der Waals surface area (Å²) in [6, 6.07) is 6.33. The van der Waals surface area contributed by atoms with Crippen molar-refractivity contribution in [1.29, 1.82) is 0 Å². The second-order valence-electron chi connectivity index (χ2n) is 2.52. The van der Waals surface area contributed by atoms with E-state index in [4.69, 9.17) is 11.2 Å². The quantitative estimate of drug-likeness (QED) is 0.665. The Balaban J connectivity index is 3.13. The topological polar surface area (TPSA) is 0 Å². The van der Waals surface area contributed by atoms with Crippen LogP contribution in [0.1, 0.15) is 11.1 Å². The molecule has 0 bridgehead atoms. The lowest BCUT2D eigenvalue weighted by Crippen LogP contribution is -2.00. The van der Waals surface area contributed by atoms with Crippen molar-refractivity contribution in [3.63, 3.8) is 0 Å². The van der Waals surface area contributed by atoms with Crippen LogP contribution in [0.2, 0.25) is 0 Å². The lowest BCUT2D eigenvalue weighted by Gasteiger charge is -2.06. The fraction of sp³-hybridized carbons (Fsp3) is 0.250. The van der Waals surface area contributed by atoms with Gasteiger partial charge in [0.2, 0.25) is 0 Å². The van der Waals surface area contributed by atoms with Crippen molar-refractivity contribution < 1.29 is 0 Å². The summed E-state index contributed by atoms with van der Waals surface area (Å²) >= 11 is 9.36. The molecular formula is C8H9BrClP. The van der Waals surface area contributed by atoms with Crippen LogP contribution in [0, 0.1) is 13.8 Å². The monoisotopic (exact) mass is 250 g/mol. The molecule has 0 heterocycles. The molecule has 0 N–H and O–H groups in total. The van der Waals surface area contributed by atoms with E-state index in [1.54, 1.807) is 0 Å². The van der Waals surface area contributed by atoms with E-state index in [-0.39, 0.29) is 0 Å². The van der Waals surface area contributed by atoms with Crippen LogP contribution in [0.5, 0.6) is 0 Å². The van der Waals surface area contributed by atoms with Gasteiger partial charge in [-0.2, -0.15) is 0 Å². The van der Waals surface area contributed by atoms with Crippen molar-refractivity contribution in [1.82, 2.24) is 0 Å². The van der Waals surface area contributed by atoms with E-state index in [2.05, 4.69) is 47.5 Å². The molecule has 0 aliphatic heterocycles. The minimum Gasteiger partial charge on any atom is -0.0782 e. The van der Waals surface area contributed by atoms with Crippen molar-refractivity contribution in [2.45, 2.75) is 13.8 Å². The van der Waals surface area contributed by atoms with Gasteiger partial charge in [0.15, 0.2) is 0 Å². The van der Waals surface area contributed by atoms with Gasteiger partial charge < -0.3 is 0 Å². The maximum absolute atomic E-state index is 5.96. The molecule has 0 saturated heterocycles. The van der Waals surface area contributed by atoms with Crippen molar-refractivity contribution in [3.8, 4) is 0 Å². The number of halogens is 2. The van der Waals surface area contributed by atoms with Crippen LogP contribution >= 0.6 is 32.7 Å². The summed E-state index contributed by atoms with van der Waals surface area (Å²) in [5, 5.41) is 1.22. The van der Waals surface area contributed by atoms with E-state index in [0.29, 0.717) is 0 Å². The highest BCUT2D eigenvalue weighted by Gasteiger charge is 2.05. The van der Waals surface area contributed by atoms with E-state index in [1.807, 2.05) is 0 Å². The van der Waals surface area contributed by atoms with E-state index < -0.39 is 5.98 Å². The van der Waals surface area contributed by atoms with Crippen LogP contribution in [0.4, 0.5) is 0 Å². The lowest BCUT2D eigenvalue weighted by atomic mass is 10.2. The van der Waals surface area contributed by atoms with Crippen LogP contribution in [-0.2, 0) is 0 Å². The molecule has 3 heteroatoms. The summed E-state index contributed by atoms with van der Waals surface area (Å²) < 4.78 is 0. The molecule has 0 saturated carbocycles. The second-order valence-corrected chi connectivity index (χ2v) is 7.84. The largest absolute Gasteiger partial charge is 0.0912 e. The molecule has 0 amide bonds. The lowest BCUT2D eigenvalue weighted by molar-refractivity contribution is 1.43. The van der Waals surface area contributed by atoms with Gasteiger partial charge in [-0.25, -0.2) is 0 Å². The molecule has 0 spiro atoms. The Hall–Kier alpha value is 0.420. The van der Waals surface area contributed by atoms with Gasteiger partial charge >= 0.3 is 0 Å². The van der Waals surface area contributed by atoms with E-state index in [1.165, 1.54) is 16.4 Å². The fourth-order valence-corrected chi connectivity index (χ4v) is 3.24. The third kappa shape index (κ3) is 2.43. The van der Waals surface area contributed by atoms with Crippen LogP contribution in [0.25, 0.3) is 0 Å². The Kier molecular flexibility index (Phi) is 3.36. The molecule has 1 aromatic carbocycles. The Morgan fingerprint density at radius 1 is 1.36 bits per heavy atom. The molecule has 11 heavy (non-hydrogen) atoms. The Morgan fingerprint density at radius 2 is 2.00 bits per heavy atom.